The van der Waals surface area contributed by atoms with Crippen LogP contribution in [0.4, 0.5) is 9.52 Å². The van der Waals surface area contributed by atoms with Crippen LogP contribution < -0.4 is 9.64 Å². The zero-order valence-corrected chi connectivity index (χ0v) is 21.0. The summed E-state index contributed by atoms with van der Waals surface area (Å²) in [6, 6.07) is 28.0. The number of carbonyl (C=O) groups is 1. The van der Waals surface area contributed by atoms with E-state index in [0.29, 0.717) is 23.3 Å². The minimum Gasteiger partial charge on any atom is -0.497 e. The van der Waals surface area contributed by atoms with Gasteiger partial charge in [0.05, 0.1) is 22.9 Å². The summed E-state index contributed by atoms with van der Waals surface area (Å²) in [6.45, 7) is 1.31. The van der Waals surface area contributed by atoms with E-state index in [2.05, 4.69) is 17.0 Å². The quantitative estimate of drug-likeness (QED) is 0.229. The van der Waals surface area contributed by atoms with Gasteiger partial charge in [0.1, 0.15) is 11.6 Å². The number of thiazole rings is 1. The van der Waals surface area contributed by atoms with Crippen LogP contribution in [0.15, 0.2) is 91.0 Å². The molecular formula is C30H25FN2O3S. The van der Waals surface area contributed by atoms with Crippen LogP contribution in [0.1, 0.15) is 21.5 Å². The van der Waals surface area contributed by atoms with Crippen molar-refractivity contribution in [1.82, 2.24) is 4.98 Å². The van der Waals surface area contributed by atoms with E-state index in [1.54, 1.807) is 31.4 Å². The number of aromatic nitrogens is 1. The molecule has 0 unspecified atom stereocenters. The number of nitrogens with zero attached hydrogens (tertiary/aromatic N) is 2. The second-order valence-electron chi connectivity index (χ2n) is 8.69. The summed E-state index contributed by atoms with van der Waals surface area (Å²) in [5.41, 5.74) is 4.96. The highest BCUT2D eigenvalue weighted by molar-refractivity contribution is 7.22. The molecule has 0 radical (unpaired) electrons. The van der Waals surface area contributed by atoms with Crippen LogP contribution in [0.3, 0.4) is 0 Å². The molecule has 0 aliphatic heterocycles. The molecule has 4 aromatic carbocycles. The molecule has 0 bridgehead atoms. The predicted molar refractivity (Wildman–Crippen MR) is 146 cm³/mol. The van der Waals surface area contributed by atoms with E-state index >= 15 is 0 Å². The van der Waals surface area contributed by atoms with Crippen molar-refractivity contribution in [2.45, 2.75) is 13.0 Å². The third-order valence-corrected chi connectivity index (χ3v) is 7.37. The second kappa shape index (κ2) is 10.8. The summed E-state index contributed by atoms with van der Waals surface area (Å²) >= 11 is 1.36. The average Bonchev–Trinajstić information content (AvgIpc) is 3.37. The van der Waals surface area contributed by atoms with Crippen molar-refractivity contribution in [1.29, 1.82) is 0 Å². The Morgan fingerprint density at radius 1 is 0.946 bits per heavy atom. The van der Waals surface area contributed by atoms with Crippen LogP contribution in [0.5, 0.6) is 5.75 Å². The van der Waals surface area contributed by atoms with Crippen LogP contribution in [0.25, 0.3) is 21.3 Å². The Hall–Kier alpha value is -4.23. The van der Waals surface area contributed by atoms with Crippen molar-refractivity contribution in [3.63, 3.8) is 0 Å². The topological polar surface area (TPSA) is 62.7 Å². The maximum absolute atomic E-state index is 14.4. The third kappa shape index (κ3) is 5.62. The molecule has 1 heterocycles. The number of methoxy groups -OCH3 is 1. The van der Waals surface area contributed by atoms with Crippen LogP contribution in [-0.4, -0.2) is 29.7 Å². The zero-order chi connectivity index (χ0) is 25.8. The number of anilines is 1. The first-order valence-electron chi connectivity index (χ1n) is 11.9. The number of carboxylic acid groups (broad SMARTS) is 1. The van der Waals surface area contributed by atoms with Gasteiger partial charge in [0.25, 0.3) is 0 Å². The lowest BCUT2D eigenvalue weighted by atomic mass is 10.0. The Kier molecular flexibility index (Phi) is 7.14. The lowest BCUT2D eigenvalue weighted by Gasteiger charge is -2.22. The van der Waals surface area contributed by atoms with Crippen molar-refractivity contribution in [2.24, 2.45) is 0 Å². The van der Waals surface area contributed by atoms with Crippen molar-refractivity contribution < 1.29 is 19.0 Å². The smallest absolute Gasteiger partial charge is 0.335 e. The van der Waals surface area contributed by atoms with E-state index in [0.717, 1.165) is 34.0 Å². The van der Waals surface area contributed by atoms with Crippen molar-refractivity contribution in [3.05, 3.63) is 114 Å². The number of benzene rings is 4. The number of hydrogen-bond donors (Lipinski definition) is 1. The number of hydrogen-bond acceptors (Lipinski definition) is 5. The molecule has 5 aromatic rings. The molecule has 0 spiro atoms. The van der Waals surface area contributed by atoms with Gasteiger partial charge in [-0.05, 0) is 65.1 Å². The molecule has 0 atom stereocenters. The highest BCUT2D eigenvalue weighted by atomic mass is 32.1. The molecule has 186 valence electrons. The molecule has 5 rings (SSSR count). The van der Waals surface area contributed by atoms with E-state index in [4.69, 9.17) is 9.72 Å². The Morgan fingerprint density at radius 3 is 2.38 bits per heavy atom. The SMILES string of the molecule is COc1ccc(CCN(Cc2ccc(-c3cccc(C(=O)O)c3)cc2)c2nc3cccc(F)c3s2)cc1. The lowest BCUT2D eigenvalue weighted by molar-refractivity contribution is 0.0697. The van der Waals surface area contributed by atoms with Crippen molar-refractivity contribution in [2.75, 3.05) is 18.6 Å². The number of aromatic carboxylic acids is 1. The number of fused-ring (bicyclic) bond motifs is 1. The fourth-order valence-corrected chi connectivity index (χ4v) is 5.19. The maximum atomic E-state index is 14.4. The molecule has 0 saturated heterocycles. The molecule has 1 N–H and O–H groups in total. The molecule has 1 aromatic heterocycles. The molecule has 0 fully saturated rings. The second-order valence-corrected chi connectivity index (χ2v) is 9.66. The standard InChI is InChI=1S/C30H25FN2O3S/c1-36-25-14-10-20(11-15-25)16-17-33(30-32-27-7-3-6-26(31)28(27)37-30)19-21-8-12-22(13-9-21)23-4-2-5-24(18-23)29(34)35/h2-15,18H,16-17,19H2,1H3,(H,34,35). The molecular weight excluding hydrogens is 487 g/mol. The Morgan fingerprint density at radius 2 is 1.68 bits per heavy atom. The summed E-state index contributed by atoms with van der Waals surface area (Å²) in [6.07, 6.45) is 0.794. The first-order valence-corrected chi connectivity index (χ1v) is 12.7. The van der Waals surface area contributed by atoms with Gasteiger partial charge in [0.2, 0.25) is 0 Å². The molecule has 0 saturated carbocycles. The van der Waals surface area contributed by atoms with Gasteiger partial charge >= 0.3 is 5.97 Å². The van der Waals surface area contributed by atoms with Crippen LogP contribution >= 0.6 is 11.3 Å². The van der Waals surface area contributed by atoms with E-state index in [1.165, 1.54) is 23.0 Å². The van der Waals surface area contributed by atoms with E-state index < -0.39 is 5.97 Å². The Balaban J connectivity index is 1.40. The van der Waals surface area contributed by atoms with Gasteiger partial charge in [-0.2, -0.15) is 0 Å². The first-order chi connectivity index (χ1) is 18.0. The van der Waals surface area contributed by atoms with Gasteiger partial charge in [-0.1, -0.05) is 65.9 Å². The normalized spacial score (nSPS) is 11.0. The molecule has 37 heavy (non-hydrogen) atoms. The number of carboxylic acids is 1. The van der Waals surface area contributed by atoms with E-state index in [9.17, 15) is 14.3 Å². The van der Waals surface area contributed by atoms with Gasteiger partial charge in [-0.25, -0.2) is 14.2 Å². The highest BCUT2D eigenvalue weighted by Crippen LogP contribution is 2.32. The van der Waals surface area contributed by atoms with Crippen LogP contribution in [-0.2, 0) is 13.0 Å². The summed E-state index contributed by atoms with van der Waals surface area (Å²) in [5, 5.41) is 10.1. The largest absolute Gasteiger partial charge is 0.497 e. The minimum atomic E-state index is -0.946. The molecule has 0 aliphatic rings. The maximum Gasteiger partial charge on any atom is 0.335 e. The minimum absolute atomic E-state index is 0.259. The molecule has 0 amide bonds. The first kappa shape index (κ1) is 24.5. The monoisotopic (exact) mass is 512 g/mol. The summed E-state index contributed by atoms with van der Waals surface area (Å²) in [5.74, 6) is -0.390. The van der Waals surface area contributed by atoms with E-state index in [-0.39, 0.29) is 11.4 Å². The van der Waals surface area contributed by atoms with Gasteiger partial charge in [0.15, 0.2) is 5.13 Å². The van der Waals surface area contributed by atoms with Gasteiger partial charge < -0.3 is 14.7 Å². The lowest BCUT2D eigenvalue weighted by Crippen LogP contribution is -2.25. The summed E-state index contributed by atoms with van der Waals surface area (Å²) in [4.78, 5) is 18.2. The van der Waals surface area contributed by atoms with Crippen molar-refractivity contribution in [3.8, 4) is 16.9 Å². The summed E-state index contributed by atoms with van der Waals surface area (Å²) < 4.78 is 20.2. The van der Waals surface area contributed by atoms with Gasteiger partial charge in [-0.15, -0.1) is 0 Å². The van der Waals surface area contributed by atoms with E-state index in [1.807, 2.05) is 48.5 Å². The molecule has 0 aliphatic carbocycles. The number of ether oxygens (including phenoxy) is 1. The van der Waals surface area contributed by atoms with Crippen molar-refractivity contribution >= 4 is 32.7 Å². The third-order valence-electron chi connectivity index (χ3n) is 6.23. The molecule has 5 nitrogen and oxygen atoms in total. The summed E-state index contributed by atoms with van der Waals surface area (Å²) in [7, 11) is 1.65. The molecule has 7 heteroatoms. The fourth-order valence-electron chi connectivity index (χ4n) is 4.19. The Labute approximate surface area is 218 Å². The van der Waals surface area contributed by atoms with Crippen LogP contribution in [0, 0.1) is 5.82 Å². The zero-order valence-electron chi connectivity index (χ0n) is 20.2. The van der Waals surface area contributed by atoms with Gasteiger partial charge in [0, 0.05) is 13.1 Å². The Bertz CT molecular complexity index is 1530. The number of rotatable bonds is 9. The highest BCUT2D eigenvalue weighted by Gasteiger charge is 2.16. The average molecular weight is 513 g/mol. The number of halogens is 1. The fraction of sp³-hybridized carbons (Fsp3) is 0.133. The predicted octanol–water partition coefficient (Wildman–Crippen LogP) is 7.06. The van der Waals surface area contributed by atoms with Gasteiger partial charge in [-0.3, -0.25) is 0 Å². The van der Waals surface area contributed by atoms with Crippen LogP contribution in [0.2, 0.25) is 0 Å².